The summed E-state index contributed by atoms with van der Waals surface area (Å²) in [4.78, 5) is 2.67. The number of benzene rings is 6. The molecule has 1 heteroatoms. The molecule has 0 aliphatic carbocycles. The van der Waals surface area contributed by atoms with E-state index >= 15 is 0 Å². The van der Waals surface area contributed by atoms with Gasteiger partial charge in [-0.25, -0.2) is 0 Å². The molecule has 0 amide bonds. The molecule has 1 aliphatic rings. The van der Waals surface area contributed by atoms with Gasteiger partial charge < -0.3 is 0 Å². The zero-order chi connectivity index (χ0) is 23.2. The molecule has 1 aliphatic heterocycles. The van der Waals surface area contributed by atoms with E-state index in [0.29, 0.717) is 0 Å². The first kappa shape index (κ1) is 20.3. The Balaban J connectivity index is 1.34. The van der Waals surface area contributed by atoms with E-state index in [4.69, 9.17) is 0 Å². The molecular formula is C34H22S. The lowest BCUT2D eigenvalue weighted by Gasteiger charge is -2.21. The Morgan fingerprint density at radius 3 is 1.74 bits per heavy atom. The summed E-state index contributed by atoms with van der Waals surface area (Å²) < 4.78 is 0. The summed E-state index contributed by atoms with van der Waals surface area (Å²) in [6.07, 6.45) is 0. The third-order valence-electron chi connectivity index (χ3n) is 6.90. The SMILES string of the molecule is c1ccc(-c2ccc(-c3ccccc3-c3ccc4c(c3)-c3cccc5cccc(c35)S4)cc2)cc1. The molecule has 6 aromatic rings. The Kier molecular flexibility index (Phi) is 4.82. The summed E-state index contributed by atoms with van der Waals surface area (Å²) in [6, 6.07) is 48.5. The van der Waals surface area contributed by atoms with Crippen LogP contribution < -0.4 is 0 Å². The van der Waals surface area contributed by atoms with Crippen molar-refractivity contribution in [2.75, 3.05) is 0 Å². The van der Waals surface area contributed by atoms with Crippen LogP contribution in [0.1, 0.15) is 0 Å². The Hall–Kier alpha value is -4.07. The normalized spacial score (nSPS) is 11.9. The van der Waals surface area contributed by atoms with Crippen LogP contribution in [0.4, 0.5) is 0 Å². The molecule has 164 valence electrons. The van der Waals surface area contributed by atoms with Gasteiger partial charge in [0.15, 0.2) is 0 Å². The standard InChI is InChI=1S/C34H22S/c1-2-8-23(9-3-1)24-16-18-25(19-17-24)28-12-4-5-13-29(28)27-20-21-32-31(22-27)30-14-6-10-26-11-7-15-33(35-32)34(26)30/h1-22H. The van der Waals surface area contributed by atoms with E-state index in [-0.39, 0.29) is 0 Å². The van der Waals surface area contributed by atoms with E-state index in [1.54, 1.807) is 0 Å². The Labute approximate surface area is 209 Å². The average molecular weight is 463 g/mol. The maximum absolute atomic E-state index is 2.38. The summed E-state index contributed by atoms with van der Waals surface area (Å²) in [6.45, 7) is 0. The molecule has 0 nitrogen and oxygen atoms in total. The lowest BCUT2D eigenvalue weighted by molar-refractivity contribution is 1.39. The predicted octanol–water partition coefficient (Wildman–Crippen LogP) is 9.97. The largest absolute Gasteiger partial charge is 0.0888 e. The van der Waals surface area contributed by atoms with Gasteiger partial charge in [-0.05, 0) is 68.1 Å². The maximum Gasteiger partial charge on any atom is 0.0207 e. The molecule has 0 aromatic heterocycles. The maximum atomic E-state index is 2.38. The van der Waals surface area contributed by atoms with E-state index in [1.165, 1.54) is 65.1 Å². The highest BCUT2D eigenvalue weighted by Crippen LogP contribution is 2.49. The molecule has 0 bridgehead atoms. The van der Waals surface area contributed by atoms with Gasteiger partial charge in [0.25, 0.3) is 0 Å². The molecule has 0 atom stereocenters. The lowest BCUT2D eigenvalue weighted by atomic mass is 9.90. The molecule has 6 aromatic carbocycles. The van der Waals surface area contributed by atoms with Crippen molar-refractivity contribution in [2.24, 2.45) is 0 Å². The van der Waals surface area contributed by atoms with Crippen LogP contribution in [0, 0.1) is 0 Å². The average Bonchev–Trinajstić information content (AvgIpc) is 2.94. The van der Waals surface area contributed by atoms with Crippen LogP contribution in [0.5, 0.6) is 0 Å². The zero-order valence-electron chi connectivity index (χ0n) is 19.1. The van der Waals surface area contributed by atoms with Gasteiger partial charge >= 0.3 is 0 Å². The topological polar surface area (TPSA) is 0 Å². The summed E-state index contributed by atoms with van der Waals surface area (Å²) in [7, 11) is 0. The Bertz CT molecular complexity index is 1690. The van der Waals surface area contributed by atoms with Gasteiger partial charge in [0.1, 0.15) is 0 Å². The summed E-state index contributed by atoms with van der Waals surface area (Å²) in [5.41, 5.74) is 10.2. The second-order valence-corrected chi connectivity index (χ2v) is 10.0. The first-order chi connectivity index (χ1) is 17.3. The number of fused-ring (bicyclic) bond motifs is 2. The monoisotopic (exact) mass is 462 g/mol. The highest BCUT2D eigenvalue weighted by Gasteiger charge is 2.20. The van der Waals surface area contributed by atoms with Crippen molar-refractivity contribution < 1.29 is 0 Å². The van der Waals surface area contributed by atoms with Crippen LogP contribution >= 0.6 is 11.8 Å². The molecular weight excluding hydrogens is 440 g/mol. The Morgan fingerprint density at radius 2 is 0.943 bits per heavy atom. The van der Waals surface area contributed by atoms with Crippen LogP contribution in [-0.2, 0) is 0 Å². The van der Waals surface area contributed by atoms with E-state index in [1.807, 2.05) is 11.8 Å². The number of hydrogen-bond donors (Lipinski definition) is 0. The van der Waals surface area contributed by atoms with Gasteiger partial charge in [-0.2, -0.15) is 0 Å². The third kappa shape index (κ3) is 3.48. The van der Waals surface area contributed by atoms with Crippen molar-refractivity contribution in [3.63, 3.8) is 0 Å². The van der Waals surface area contributed by atoms with Gasteiger partial charge in [-0.15, -0.1) is 0 Å². The molecule has 7 rings (SSSR count). The summed E-state index contributed by atoms with van der Waals surface area (Å²) in [5, 5.41) is 2.68. The fourth-order valence-electron chi connectivity index (χ4n) is 5.19. The third-order valence-corrected chi connectivity index (χ3v) is 8.03. The lowest BCUT2D eigenvalue weighted by Crippen LogP contribution is -1.94. The van der Waals surface area contributed by atoms with Crippen LogP contribution in [0.15, 0.2) is 143 Å². The highest BCUT2D eigenvalue weighted by molar-refractivity contribution is 7.99. The summed E-state index contributed by atoms with van der Waals surface area (Å²) >= 11 is 1.88. The van der Waals surface area contributed by atoms with Crippen molar-refractivity contribution in [3.8, 4) is 44.5 Å². The molecule has 0 fully saturated rings. The van der Waals surface area contributed by atoms with Crippen molar-refractivity contribution in [2.45, 2.75) is 9.79 Å². The molecule has 0 unspecified atom stereocenters. The van der Waals surface area contributed by atoms with Crippen molar-refractivity contribution in [3.05, 3.63) is 133 Å². The van der Waals surface area contributed by atoms with Crippen LogP contribution in [0.2, 0.25) is 0 Å². The molecule has 35 heavy (non-hydrogen) atoms. The van der Waals surface area contributed by atoms with E-state index < -0.39 is 0 Å². The first-order valence-corrected chi connectivity index (χ1v) is 12.8. The molecule has 0 spiro atoms. The minimum absolute atomic E-state index is 1.24. The van der Waals surface area contributed by atoms with E-state index in [9.17, 15) is 0 Å². The molecule has 0 saturated carbocycles. The molecule has 0 radical (unpaired) electrons. The van der Waals surface area contributed by atoms with Gasteiger partial charge in [-0.1, -0.05) is 127 Å². The fraction of sp³-hybridized carbons (Fsp3) is 0. The molecule has 0 saturated heterocycles. The predicted molar refractivity (Wildman–Crippen MR) is 150 cm³/mol. The van der Waals surface area contributed by atoms with Gasteiger partial charge in [0, 0.05) is 15.2 Å². The zero-order valence-corrected chi connectivity index (χ0v) is 19.9. The van der Waals surface area contributed by atoms with Gasteiger partial charge in [0.05, 0.1) is 0 Å². The van der Waals surface area contributed by atoms with E-state index in [2.05, 4.69) is 133 Å². The quantitative estimate of drug-likeness (QED) is 0.252. The highest BCUT2D eigenvalue weighted by atomic mass is 32.2. The number of rotatable bonds is 3. The molecule has 0 N–H and O–H groups in total. The van der Waals surface area contributed by atoms with E-state index in [0.717, 1.165) is 0 Å². The smallest absolute Gasteiger partial charge is 0.0207 e. The van der Waals surface area contributed by atoms with Gasteiger partial charge in [-0.3, -0.25) is 0 Å². The minimum atomic E-state index is 1.24. The van der Waals surface area contributed by atoms with Crippen molar-refractivity contribution in [1.82, 2.24) is 0 Å². The second kappa shape index (κ2) is 8.30. The Morgan fingerprint density at radius 1 is 0.343 bits per heavy atom. The minimum Gasteiger partial charge on any atom is -0.0888 e. The van der Waals surface area contributed by atoms with Crippen LogP contribution in [0.25, 0.3) is 55.3 Å². The number of hydrogen-bond acceptors (Lipinski definition) is 1. The van der Waals surface area contributed by atoms with Crippen molar-refractivity contribution in [1.29, 1.82) is 0 Å². The van der Waals surface area contributed by atoms with Crippen LogP contribution in [0.3, 0.4) is 0 Å². The summed E-state index contributed by atoms with van der Waals surface area (Å²) in [5.74, 6) is 0. The van der Waals surface area contributed by atoms with Gasteiger partial charge in [0.2, 0.25) is 0 Å². The molecule has 1 heterocycles. The fourth-order valence-corrected chi connectivity index (χ4v) is 6.32. The van der Waals surface area contributed by atoms with Crippen LogP contribution in [-0.4, -0.2) is 0 Å². The van der Waals surface area contributed by atoms with Crippen molar-refractivity contribution >= 4 is 22.5 Å². The first-order valence-electron chi connectivity index (χ1n) is 11.9. The second-order valence-electron chi connectivity index (χ2n) is 8.96.